The van der Waals surface area contributed by atoms with Gasteiger partial charge in [-0.05, 0) is 62.1 Å². The Kier molecular flexibility index (Phi) is 3.74. The van der Waals surface area contributed by atoms with E-state index in [1.165, 1.54) is 0 Å². The molecular formula is C16H18N2O. The summed E-state index contributed by atoms with van der Waals surface area (Å²) < 4.78 is 0. The fourth-order valence-electron chi connectivity index (χ4n) is 2.32. The molecule has 2 rings (SSSR count). The minimum atomic E-state index is 0.113. The molecule has 0 aliphatic carbocycles. The normalized spacial score (nSPS) is 10.5. The molecule has 0 unspecified atom stereocenters. The van der Waals surface area contributed by atoms with Gasteiger partial charge in [0.1, 0.15) is 0 Å². The molecule has 0 N–H and O–H groups in total. The third-order valence-corrected chi connectivity index (χ3v) is 3.61. The average molecular weight is 254 g/mol. The van der Waals surface area contributed by atoms with Crippen LogP contribution in [0.1, 0.15) is 38.3 Å². The van der Waals surface area contributed by atoms with Crippen LogP contribution in [0.15, 0.2) is 24.4 Å². The highest BCUT2D eigenvalue weighted by Gasteiger charge is 2.16. The van der Waals surface area contributed by atoms with Crippen molar-refractivity contribution in [1.29, 1.82) is 0 Å². The first-order valence-corrected chi connectivity index (χ1v) is 6.38. The van der Waals surface area contributed by atoms with Gasteiger partial charge in [0.15, 0.2) is 5.78 Å². The first-order valence-electron chi connectivity index (χ1n) is 6.38. The van der Waals surface area contributed by atoms with Gasteiger partial charge < -0.3 is 0 Å². The van der Waals surface area contributed by atoms with Gasteiger partial charge in [0.2, 0.25) is 0 Å². The van der Waals surface area contributed by atoms with E-state index in [0.29, 0.717) is 12.1 Å². The van der Waals surface area contributed by atoms with Crippen molar-refractivity contribution in [2.75, 3.05) is 0 Å². The van der Waals surface area contributed by atoms with Crippen LogP contribution >= 0.6 is 0 Å². The molecule has 1 aromatic carbocycles. The van der Waals surface area contributed by atoms with E-state index < -0.39 is 0 Å². The summed E-state index contributed by atoms with van der Waals surface area (Å²) in [4.78, 5) is 12.5. The lowest BCUT2D eigenvalue weighted by molar-refractivity contribution is 0.0990. The van der Waals surface area contributed by atoms with Crippen molar-refractivity contribution >= 4 is 5.78 Å². The van der Waals surface area contributed by atoms with Gasteiger partial charge in [0, 0.05) is 11.8 Å². The van der Waals surface area contributed by atoms with Crippen LogP contribution in [0.25, 0.3) is 0 Å². The molecule has 3 nitrogen and oxygen atoms in total. The number of ketones is 1. The highest BCUT2D eigenvalue weighted by molar-refractivity contribution is 6.00. The summed E-state index contributed by atoms with van der Waals surface area (Å²) in [5.74, 6) is 0.113. The van der Waals surface area contributed by atoms with E-state index in [-0.39, 0.29) is 5.78 Å². The summed E-state index contributed by atoms with van der Waals surface area (Å²) in [7, 11) is 0. The minimum absolute atomic E-state index is 0.113. The van der Waals surface area contributed by atoms with Crippen LogP contribution in [0, 0.1) is 27.7 Å². The van der Waals surface area contributed by atoms with E-state index in [1.54, 1.807) is 12.3 Å². The van der Waals surface area contributed by atoms with Crippen molar-refractivity contribution in [2.24, 2.45) is 0 Å². The molecule has 0 bridgehead atoms. The summed E-state index contributed by atoms with van der Waals surface area (Å²) >= 11 is 0. The molecule has 0 spiro atoms. The van der Waals surface area contributed by atoms with Crippen LogP contribution in [0.3, 0.4) is 0 Å². The van der Waals surface area contributed by atoms with Crippen molar-refractivity contribution in [3.05, 3.63) is 57.9 Å². The predicted molar refractivity (Wildman–Crippen MR) is 75.5 cm³/mol. The smallest absolute Gasteiger partial charge is 0.169 e. The predicted octanol–water partition coefficient (Wildman–Crippen LogP) is 3.14. The molecule has 0 saturated carbocycles. The van der Waals surface area contributed by atoms with Gasteiger partial charge in [-0.1, -0.05) is 6.07 Å². The molecule has 98 valence electrons. The molecule has 3 heteroatoms. The van der Waals surface area contributed by atoms with Crippen LogP contribution in [0.2, 0.25) is 0 Å². The second-order valence-electron chi connectivity index (χ2n) is 4.95. The molecular weight excluding hydrogens is 236 g/mol. The highest BCUT2D eigenvalue weighted by atomic mass is 16.1. The number of hydrogen-bond donors (Lipinski definition) is 0. The van der Waals surface area contributed by atoms with E-state index >= 15 is 0 Å². The van der Waals surface area contributed by atoms with E-state index in [1.807, 2.05) is 33.8 Å². The first kappa shape index (κ1) is 13.4. The molecule has 2 aromatic rings. The number of Topliss-reactive ketones (excluding diaryl/α,β-unsaturated/α-hetero) is 1. The van der Waals surface area contributed by atoms with Gasteiger partial charge in [0.25, 0.3) is 0 Å². The Morgan fingerprint density at radius 3 is 2.26 bits per heavy atom. The first-order chi connectivity index (χ1) is 9.00. The third kappa shape index (κ3) is 2.70. The van der Waals surface area contributed by atoms with Crippen molar-refractivity contribution in [3.8, 4) is 0 Å². The van der Waals surface area contributed by atoms with Crippen LogP contribution in [0.5, 0.6) is 0 Å². The lowest BCUT2D eigenvalue weighted by Gasteiger charge is -2.14. The maximum Gasteiger partial charge on any atom is 0.169 e. The largest absolute Gasteiger partial charge is 0.294 e. The molecule has 0 amide bonds. The SMILES string of the molecule is Cc1cc(C)c(C)c(C(=O)Cc2cccnn2)c1C. The summed E-state index contributed by atoms with van der Waals surface area (Å²) in [5, 5.41) is 7.79. The van der Waals surface area contributed by atoms with Crippen LogP contribution in [-0.4, -0.2) is 16.0 Å². The third-order valence-electron chi connectivity index (χ3n) is 3.61. The maximum atomic E-state index is 12.5. The van der Waals surface area contributed by atoms with Crippen molar-refractivity contribution in [2.45, 2.75) is 34.1 Å². The van der Waals surface area contributed by atoms with Gasteiger partial charge in [-0.2, -0.15) is 10.2 Å². The Balaban J connectivity index is 2.40. The zero-order valence-electron chi connectivity index (χ0n) is 11.8. The summed E-state index contributed by atoms with van der Waals surface area (Å²) in [6.45, 7) is 8.10. The monoisotopic (exact) mass is 254 g/mol. The highest BCUT2D eigenvalue weighted by Crippen LogP contribution is 2.22. The molecule has 19 heavy (non-hydrogen) atoms. The van der Waals surface area contributed by atoms with Gasteiger partial charge >= 0.3 is 0 Å². The van der Waals surface area contributed by atoms with E-state index in [2.05, 4.69) is 16.3 Å². The van der Waals surface area contributed by atoms with E-state index in [0.717, 1.165) is 27.8 Å². The van der Waals surface area contributed by atoms with Gasteiger partial charge in [-0.25, -0.2) is 0 Å². The fourth-order valence-corrected chi connectivity index (χ4v) is 2.32. The second kappa shape index (κ2) is 5.31. The Hall–Kier alpha value is -2.03. The number of carbonyl (C=O) groups excluding carboxylic acids is 1. The number of rotatable bonds is 3. The van der Waals surface area contributed by atoms with Crippen molar-refractivity contribution in [1.82, 2.24) is 10.2 Å². The van der Waals surface area contributed by atoms with E-state index in [9.17, 15) is 4.79 Å². The number of aromatic nitrogens is 2. The van der Waals surface area contributed by atoms with Crippen molar-refractivity contribution in [3.63, 3.8) is 0 Å². The number of carbonyl (C=O) groups is 1. The maximum absolute atomic E-state index is 12.5. The number of nitrogens with zero attached hydrogens (tertiary/aromatic N) is 2. The van der Waals surface area contributed by atoms with Gasteiger partial charge in [-0.15, -0.1) is 0 Å². The number of aryl methyl sites for hydroxylation is 2. The van der Waals surface area contributed by atoms with Gasteiger partial charge in [-0.3, -0.25) is 4.79 Å². The Morgan fingerprint density at radius 2 is 1.74 bits per heavy atom. The Morgan fingerprint density at radius 1 is 1.11 bits per heavy atom. The molecule has 0 radical (unpaired) electrons. The van der Waals surface area contributed by atoms with Crippen LogP contribution in [-0.2, 0) is 6.42 Å². The molecule has 1 aromatic heterocycles. The lowest BCUT2D eigenvalue weighted by Crippen LogP contribution is -2.11. The zero-order valence-corrected chi connectivity index (χ0v) is 11.8. The molecule has 1 heterocycles. The number of hydrogen-bond acceptors (Lipinski definition) is 3. The summed E-state index contributed by atoms with van der Waals surface area (Å²) in [6.07, 6.45) is 1.92. The molecule has 0 fully saturated rings. The molecule has 0 aliphatic rings. The fraction of sp³-hybridized carbons (Fsp3) is 0.312. The quantitative estimate of drug-likeness (QED) is 0.790. The standard InChI is InChI=1S/C16H18N2O/c1-10-8-11(2)13(4)16(12(10)3)15(19)9-14-6-5-7-17-18-14/h5-8H,9H2,1-4H3. The minimum Gasteiger partial charge on any atom is -0.294 e. The average Bonchev–Trinajstić information content (AvgIpc) is 2.38. The number of benzene rings is 1. The molecule has 0 saturated heterocycles. The summed E-state index contributed by atoms with van der Waals surface area (Å²) in [5.41, 5.74) is 6.00. The Labute approximate surface area is 113 Å². The molecule has 0 aliphatic heterocycles. The van der Waals surface area contributed by atoms with Crippen molar-refractivity contribution < 1.29 is 4.79 Å². The Bertz CT molecular complexity index is 592. The van der Waals surface area contributed by atoms with Crippen LogP contribution in [0.4, 0.5) is 0 Å². The van der Waals surface area contributed by atoms with Gasteiger partial charge in [0.05, 0.1) is 12.1 Å². The van der Waals surface area contributed by atoms with Crippen LogP contribution < -0.4 is 0 Å². The van der Waals surface area contributed by atoms with E-state index in [4.69, 9.17) is 0 Å². The second-order valence-corrected chi connectivity index (χ2v) is 4.95. The lowest BCUT2D eigenvalue weighted by atomic mass is 9.90. The zero-order chi connectivity index (χ0) is 14.0. The summed E-state index contributed by atoms with van der Waals surface area (Å²) in [6, 6.07) is 5.76. The molecule has 0 atom stereocenters. The topological polar surface area (TPSA) is 42.9 Å².